The van der Waals surface area contributed by atoms with Crippen molar-refractivity contribution in [2.24, 2.45) is 5.73 Å². The third-order valence-corrected chi connectivity index (χ3v) is 6.39. The molecule has 1 aliphatic heterocycles. The molecule has 4 heterocycles. The summed E-state index contributed by atoms with van der Waals surface area (Å²) < 4.78 is 7.16. The molecule has 10 nitrogen and oxygen atoms in total. The van der Waals surface area contributed by atoms with Crippen LogP contribution < -0.4 is 16.4 Å². The van der Waals surface area contributed by atoms with Crippen LogP contribution in [0.1, 0.15) is 37.7 Å². The first-order valence-corrected chi connectivity index (χ1v) is 10.4. The van der Waals surface area contributed by atoms with E-state index in [1.54, 1.807) is 16.9 Å². The van der Waals surface area contributed by atoms with Gasteiger partial charge in [0.1, 0.15) is 5.82 Å². The maximum absolute atomic E-state index is 12.8. The Labute approximate surface area is 173 Å². The molecule has 2 aliphatic rings. The van der Waals surface area contributed by atoms with Gasteiger partial charge >= 0.3 is 0 Å². The number of nitrogens with two attached hydrogens (primary N) is 2. The van der Waals surface area contributed by atoms with Crippen molar-refractivity contribution in [3.8, 4) is 5.82 Å². The maximum Gasteiger partial charge on any atom is 0.228 e. The van der Waals surface area contributed by atoms with Crippen LogP contribution in [0, 0.1) is 0 Å². The van der Waals surface area contributed by atoms with Gasteiger partial charge in [-0.2, -0.15) is 9.78 Å². The van der Waals surface area contributed by atoms with E-state index in [0.717, 1.165) is 43.7 Å². The van der Waals surface area contributed by atoms with Gasteiger partial charge in [-0.3, -0.25) is 9.89 Å². The maximum atomic E-state index is 12.8. The lowest BCUT2D eigenvalue weighted by Gasteiger charge is -2.36. The summed E-state index contributed by atoms with van der Waals surface area (Å²) in [5.74, 6) is 1.47. The van der Waals surface area contributed by atoms with Crippen molar-refractivity contribution in [1.29, 1.82) is 0 Å². The molecule has 30 heavy (non-hydrogen) atoms. The first kappa shape index (κ1) is 18.9. The Kier molecular flexibility index (Phi) is 4.58. The highest BCUT2D eigenvalue weighted by Gasteiger charge is 2.42. The van der Waals surface area contributed by atoms with Crippen LogP contribution in [0.25, 0.3) is 16.9 Å². The van der Waals surface area contributed by atoms with E-state index in [1.165, 1.54) is 0 Å². The number of ether oxygens (including phenoxy) is 1. The lowest BCUT2D eigenvalue weighted by atomic mass is 9.68. The molecule has 2 fully saturated rings. The van der Waals surface area contributed by atoms with Gasteiger partial charge in [-0.1, -0.05) is 19.3 Å². The number of primary amides is 1. The fourth-order valence-corrected chi connectivity index (χ4v) is 4.80. The van der Waals surface area contributed by atoms with Gasteiger partial charge in [0.25, 0.3) is 0 Å². The van der Waals surface area contributed by atoms with E-state index in [4.69, 9.17) is 21.2 Å². The second-order valence-corrected chi connectivity index (χ2v) is 8.07. The van der Waals surface area contributed by atoms with E-state index in [2.05, 4.69) is 20.2 Å². The number of pyridine rings is 1. The SMILES string of the molecule is NC(=O)C1(c2cc(N3CCOCC3)nc3c2c(N)nn3-c2ccn[nH]2)CCCCC1. The van der Waals surface area contributed by atoms with Crippen LogP contribution >= 0.6 is 0 Å². The van der Waals surface area contributed by atoms with Gasteiger partial charge in [0.05, 0.1) is 30.2 Å². The minimum atomic E-state index is -0.767. The number of carbonyl (C=O) groups is 1. The number of carbonyl (C=O) groups excluding carboxylic acids is 1. The van der Waals surface area contributed by atoms with Gasteiger partial charge in [-0.25, -0.2) is 4.98 Å². The molecule has 0 radical (unpaired) electrons. The summed E-state index contributed by atoms with van der Waals surface area (Å²) >= 11 is 0. The number of fused-ring (bicyclic) bond motifs is 1. The van der Waals surface area contributed by atoms with Crippen molar-refractivity contribution in [2.75, 3.05) is 36.9 Å². The number of anilines is 2. The zero-order valence-corrected chi connectivity index (χ0v) is 16.8. The normalized spacial score (nSPS) is 19.3. The molecule has 0 bridgehead atoms. The number of morpholine rings is 1. The molecular weight excluding hydrogens is 384 g/mol. The van der Waals surface area contributed by atoms with Crippen LogP contribution in [-0.2, 0) is 14.9 Å². The van der Waals surface area contributed by atoms with Crippen LogP contribution in [0.15, 0.2) is 18.3 Å². The summed E-state index contributed by atoms with van der Waals surface area (Å²) in [6, 6.07) is 3.80. The third-order valence-electron chi connectivity index (χ3n) is 6.39. The molecular formula is C20H26N8O2. The van der Waals surface area contributed by atoms with E-state index < -0.39 is 5.41 Å². The molecule has 3 aromatic heterocycles. The van der Waals surface area contributed by atoms with E-state index in [-0.39, 0.29) is 5.91 Å². The molecule has 0 aromatic carbocycles. The zero-order chi connectivity index (χ0) is 20.7. The lowest BCUT2D eigenvalue weighted by Crippen LogP contribution is -2.43. The molecule has 5 N–H and O–H groups in total. The summed E-state index contributed by atoms with van der Waals surface area (Å²) in [6.45, 7) is 2.74. The number of H-pyrrole nitrogens is 1. The summed E-state index contributed by atoms with van der Waals surface area (Å²) in [6.07, 6.45) is 6.07. The second-order valence-electron chi connectivity index (χ2n) is 8.07. The Morgan fingerprint density at radius 3 is 2.63 bits per heavy atom. The standard InChI is InChI=1S/C20H26N8O2/c21-17-16-13(20(19(22)29)5-2-1-3-6-20)12-15(27-8-10-30-11-9-27)24-18(16)28(26-17)14-4-7-23-25-14/h4,7,12H,1-3,5-6,8-11H2,(H2,21,26)(H2,22,29)(H,23,25). The van der Waals surface area contributed by atoms with Crippen molar-refractivity contribution in [3.05, 3.63) is 23.9 Å². The quantitative estimate of drug-likeness (QED) is 0.588. The zero-order valence-electron chi connectivity index (χ0n) is 16.8. The van der Waals surface area contributed by atoms with Crippen LogP contribution in [-0.4, -0.2) is 57.2 Å². The Morgan fingerprint density at radius 2 is 1.97 bits per heavy atom. The highest BCUT2D eigenvalue weighted by atomic mass is 16.5. The average molecular weight is 410 g/mol. The van der Waals surface area contributed by atoms with Gasteiger partial charge in [0, 0.05) is 19.2 Å². The van der Waals surface area contributed by atoms with Gasteiger partial charge < -0.3 is 21.1 Å². The van der Waals surface area contributed by atoms with E-state index >= 15 is 0 Å². The first-order chi connectivity index (χ1) is 14.6. The Balaban J connectivity index is 1.78. The summed E-state index contributed by atoms with van der Waals surface area (Å²) in [7, 11) is 0. The number of hydrogen-bond acceptors (Lipinski definition) is 7. The van der Waals surface area contributed by atoms with Gasteiger partial charge in [-0.15, -0.1) is 5.10 Å². The fourth-order valence-electron chi connectivity index (χ4n) is 4.80. The molecule has 3 aromatic rings. The van der Waals surface area contributed by atoms with Crippen LogP contribution in [0.5, 0.6) is 0 Å². The summed E-state index contributed by atoms with van der Waals surface area (Å²) in [4.78, 5) is 19.9. The van der Waals surface area contributed by atoms with Crippen LogP contribution in [0.2, 0.25) is 0 Å². The summed E-state index contributed by atoms with van der Waals surface area (Å²) in [5, 5.41) is 12.2. The number of aromatic nitrogens is 5. The van der Waals surface area contributed by atoms with Gasteiger partial charge in [0.2, 0.25) is 5.91 Å². The molecule has 5 rings (SSSR count). The van der Waals surface area contributed by atoms with E-state index in [0.29, 0.717) is 48.7 Å². The predicted octanol–water partition coefficient (Wildman–Crippen LogP) is 1.25. The predicted molar refractivity (Wildman–Crippen MR) is 112 cm³/mol. The second kappa shape index (κ2) is 7.28. The molecule has 0 unspecified atom stereocenters. The minimum absolute atomic E-state index is 0.309. The van der Waals surface area contributed by atoms with Crippen molar-refractivity contribution in [2.45, 2.75) is 37.5 Å². The smallest absolute Gasteiger partial charge is 0.228 e. The number of rotatable bonds is 4. The number of amides is 1. The van der Waals surface area contributed by atoms with Crippen molar-refractivity contribution in [1.82, 2.24) is 25.0 Å². The molecule has 1 saturated carbocycles. The average Bonchev–Trinajstić information content (AvgIpc) is 3.42. The topological polar surface area (TPSA) is 141 Å². The molecule has 1 amide bonds. The van der Waals surface area contributed by atoms with Crippen LogP contribution in [0.3, 0.4) is 0 Å². The fraction of sp³-hybridized carbons (Fsp3) is 0.500. The van der Waals surface area contributed by atoms with Gasteiger partial charge in [-0.05, 0) is 24.5 Å². The minimum Gasteiger partial charge on any atom is -0.382 e. The Bertz CT molecular complexity index is 1060. The van der Waals surface area contributed by atoms with E-state index in [9.17, 15) is 4.79 Å². The lowest BCUT2D eigenvalue weighted by molar-refractivity contribution is -0.124. The van der Waals surface area contributed by atoms with Gasteiger partial charge in [0.15, 0.2) is 17.3 Å². The molecule has 0 spiro atoms. The largest absolute Gasteiger partial charge is 0.382 e. The molecule has 0 atom stereocenters. The number of nitrogens with one attached hydrogen (secondary N) is 1. The first-order valence-electron chi connectivity index (χ1n) is 10.4. The molecule has 10 heteroatoms. The number of nitrogen functional groups attached to an aromatic ring is 1. The number of nitrogens with zero attached hydrogens (tertiary/aromatic N) is 5. The monoisotopic (exact) mass is 410 g/mol. The van der Waals surface area contributed by atoms with Crippen molar-refractivity contribution < 1.29 is 9.53 Å². The third kappa shape index (κ3) is 2.90. The number of hydrogen-bond donors (Lipinski definition) is 3. The molecule has 1 aliphatic carbocycles. The number of aromatic amines is 1. The molecule has 1 saturated heterocycles. The Morgan fingerprint density at radius 1 is 1.20 bits per heavy atom. The highest BCUT2D eigenvalue weighted by molar-refractivity contribution is 5.99. The summed E-state index contributed by atoms with van der Waals surface area (Å²) in [5.41, 5.74) is 13.1. The molecule has 158 valence electrons. The van der Waals surface area contributed by atoms with E-state index in [1.807, 2.05) is 6.07 Å². The highest BCUT2D eigenvalue weighted by Crippen LogP contribution is 2.44. The van der Waals surface area contributed by atoms with Crippen LogP contribution in [0.4, 0.5) is 11.6 Å². The van der Waals surface area contributed by atoms with Crippen molar-refractivity contribution in [3.63, 3.8) is 0 Å². The van der Waals surface area contributed by atoms with Crippen molar-refractivity contribution >= 4 is 28.6 Å². The Hall–Kier alpha value is -3.14.